The predicted molar refractivity (Wildman–Crippen MR) is 98.3 cm³/mol. The number of hydrogen-bond donors (Lipinski definition) is 0. The van der Waals surface area contributed by atoms with E-state index in [-0.39, 0.29) is 30.1 Å². The van der Waals surface area contributed by atoms with Crippen LogP contribution in [0.15, 0.2) is 22.7 Å². The number of carbonyl (C=O) groups excluding carboxylic acids is 1. The quantitative estimate of drug-likeness (QED) is 0.655. The van der Waals surface area contributed by atoms with Crippen LogP contribution in [0.5, 0.6) is 5.75 Å². The van der Waals surface area contributed by atoms with E-state index in [1.54, 1.807) is 23.1 Å². The molecule has 1 fully saturated rings. The fraction of sp³-hybridized carbons (Fsp3) is 0.562. The Hall–Kier alpha value is -0.790. The van der Waals surface area contributed by atoms with E-state index in [1.165, 1.54) is 0 Å². The second-order valence-corrected chi connectivity index (χ2v) is 9.41. The van der Waals surface area contributed by atoms with Crippen LogP contribution in [0.3, 0.4) is 0 Å². The molecule has 0 aliphatic carbocycles. The lowest BCUT2D eigenvalue weighted by Crippen LogP contribution is -2.44. The minimum absolute atomic E-state index is 0.0431. The van der Waals surface area contributed by atoms with E-state index in [9.17, 15) is 13.2 Å². The Bertz CT molecular complexity index is 695. The molecule has 134 valence electrons. The van der Waals surface area contributed by atoms with Crippen LogP contribution in [0.1, 0.15) is 26.2 Å². The summed E-state index contributed by atoms with van der Waals surface area (Å²) < 4.78 is 29.8. The lowest BCUT2D eigenvalue weighted by atomic mass is 10.2. The van der Waals surface area contributed by atoms with E-state index in [0.717, 1.165) is 17.3 Å². The van der Waals surface area contributed by atoms with Gasteiger partial charge in [-0.3, -0.25) is 4.79 Å². The predicted octanol–water partition coefficient (Wildman–Crippen LogP) is 3.30. The Morgan fingerprint density at radius 3 is 2.79 bits per heavy atom. The minimum atomic E-state index is -3.04. The first kappa shape index (κ1) is 19.5. The Morgan fingerprint density at radius 1 is 1.46 bits per heavy atom. The number of amides is 1. The van der Waals surface area contributed by atoms with Gasteiger partial charge in [-0.25, -0.2) is 8.42 Å². The number of sulfone groups is 1. The van der Waals surface area contributed by atoms with Crippen LogP contribution >= 0.6 is 27.5 Å². The molecule has 0 bridgehead atoms. The zero-order valence-electron chi connectivity index (χ0n) is 13.5. The van der Waals surface area contributed by atoms with Crippen molar-refractivity contribution in [2.24, 2.45) is 0 Å². The van der Waals surface area contributed by atoms with Gasteiger partial charge >= 0.3 is 0 Å². The molecule has 1 aliphatic heterocycles. The Morgan fingerprint density at radius 2 is 2.21 bits per heavy atom. The van der Waals surface area contributed by atoms with Crippen molar-refractivity contribution < 1.29 is 17.9 Å². The van der Waals surface area contributed by atoms with Crippen LogP contribution < -0.4 is 4.74 Å². The fourth-order valence-electron chi connectivity index (χ4n) is 2.68. The normalized spacial score (nSPS) is 19.2. The first-order valence-electron chi connectivity index (χ1n) is 7.90. The van der Waals surface area contributed by atoms with Gasteiger partial charge in [0, 0.05) is 17.1 Å². The van der Waals surface area contributed by atoms with E-state index in [0.29, 0.717) is 23.7 Å². The van der Waals surface area contributed by atoms with Crippen molar-refractivity contribution in [2.75, 3.05) is 24.7 Å². The summed E-state index contributed by atoms with van der Waals surface area (Å²) in [5.41, 5.74) is 0. The Balaban J connectivity index is 2.02. The van der Waals surface area contributed by atoms with Gasteiger partial charge in [0.25, 0.3) is 5.91 Å². The van der Waals surface area contributed by atoms with Crippen LogP contribution in [-0.2, 0) is 14.6 Å². The molecule has 1 atom stereocenters. The molecule has 1 aliphatic rings. The summed E-state index contributed by atoms with van der Waals surface area (Å²) in [7, 11) is -3.04. The average Bonchev–Trinajstić information content (AvgIpc) is 2.86. The number of ether oxygens (including phenoxy) is 1. The van der Waals surface area contributed by atoms with Crippen molar-refractivity contribution >= 4 is 43.3 Å². The second-order valence-electron chi connectivity index (χ2n) is 5.86. The number of halogens is 2. The van der Waals surface area contributed by atoms with E-state index in [2.05, 4.69) is 15.9 Å². The molecular formula is C16H21BrClNO4S. The van der Waals surface area contributed by atoms with Crippen LogP contribution in [0.4, 0.5) is 0 Å². The molecule has 24 heavy (non-hydrogen) atoms. The molecule has 0 spiro atoms. The SMILES string of the molecule is CCCCN(C(=O)COc1ccc(Br)cc1Cl)C1CCS(=O)(=O)C1. The molecule has 0 radical (unpaired) electrons. The lowest BCUT2D eigenvalue weighted by molar-refractivity contribution is -0.135. The summed E-state index contributed by atoms with van der Waals surface area (Å²) in [5.74, 6) is 0.418. The zero-order chi connectivity index (χ0) is 17.7. The summed E-state index contributed by atoms with van der Waals surface area (Å²) in [4.78, 5) is 14.2. The third-order valence-corrected chi connectivity index (χ3v) is 6.51. The van der Waals surface area contributed by atoms with Crippen molar-refractivity contribution in [1.29, 1.82) is 0 Å². The standard InChI is InChI=1S/C16H21BrClNO4S/c1-2-3-7-19(13-6-8-24(21,22)11-13)16(20)10-23-15-5-4-12(17)9-14(15)18/h4-5,9,13H,2-3,6-8,10-11H2,1H3. The highest BCUT2D eigenvalue weighted by Gasteiger charge is 2.34. The van der Waals surface area contributed by atoms with Gasteiger partial charge in [0.1, 0.15) is 5.75 Å². The minimum Gasteiger partial charge on any atom is -0.482 e. The number of nitrogens with zero attached hydrogens (tertiary/aromatic N) is 1. The molecule has 1 heterocycles. The highest BCUT2D eigenvalue weighted by atomic mass is 79.9. The lowest BCUT2D eigenvalue weighted by Gasteiger charge is -2.28. The summed E-state index contributed by atoms with van der Waals surface area (Å²) >= 11 is 9.39. The number of rotatable bonds is 7. The average molecular weight is 439 g/mol. The molecule has 0 saturated carbocycles. The molecule has 1 amide bonds. The summed E-state index contributed by atoms with van der Waals surface area (Å²) in [6.45, 7) is 2.43. The van der Waals surface area contributed by atoms with Crippen molar-refractivity contribution in [3.8, 4) is 5.75 Å². The van der Waals surface area contributed by atoms with Crippen LogP contribution in [0, 0.1) is 0 Å². The molecule has 2 rings (SSSR count). The van der Waals surface area contributed by atoms with E-state index in [1.807, 2.05) is 6.92 Å². The van der Waals surface area contributed by atoms with Crippen molar-refractivity contribution in [3.05, 3.63) is 27.7 Å². The summed E-state index contributed by atoms with van der Waals surface area (Å²) in [6.07, 6.45) is 2.26. The number of carbonyl (C=O) groups is 1. The molecule has 1 unspecified atom stereocenters. The number of unbranched alkanes of at least 4 members (excludes halogenated alkanes) is 1. The third kappa shape index (κ3) is 5.36. The molecule has 8 heteroatoms. The van der Waals surface area contributed by atoms with Crippen LogP contribution in [0.25, 0.3) is 0 Å². The molecule has 0 aromatic heterocycles. The highest BCUT2D eigenvalue weighted by Crippen LogP contribution is 2.28. The summed E-state index contributed by atoms with van der Waals surface area (Å²) in [5, 5.41) is 0.417. The molecular weight excluding hydrogens is 418 g/mol. The van der Waals surface area contributed by atoms with E-state index < -0.39 is 9.84 Å². The highest BCUT2D eigenvalue weighted by molar-refractivity contribution is 9.10. The largest absolute Gasteiger partial charge is 0.482 e. The Kier molecular flexibility index (Phi) is 6.95. The maximum atomic E-state index is 12.6. The van der Waals surface area contributed by atoms with Gasteiger partial charge in [0.05, 0.1) is 16.5 Å². The second kappa shape index (κ2) is 8.54. The van der Waals surface area contributed by atoms with Gasteiger partial charge in [-0.15, -0.1) is 0 Å². The van der Waals surface area contributed by atoms with Crippen LogP contribution in [0.2, 0.25) is 5.02 Å². The van der Waals surface area contributed by atoms with Gasteiger partial charge in [-0.1, -0.05) is 40.9 Å². The maximum Gasteiger partial charge on any atom is 0.260 e. The van der Waals surface area contributed by atoms with E-state index in [4.69, 9.17) is 16.3 Å². The van der Waals surface area contributed by atoms with Gasteiger partial charge in [-0.2, -0.15) is 0 Å². The van der Waals surface area contributed by atoms with Gasteiger partial charge in [0.2, 0.25) is 0 Å². The van der Waals surface area contributed by atoms with Crippen LogP contribution in [-0.4, -0.2) is 49.9 Å². The zero-order valence-corrected chi connectivity index (χ0v) is 16.7. The number of hydrogen-bond acceptors (Lipinski definition) is 4. The monoisotopic (exact) mass is 437 g/mol. The maximum absolute atomic E-state index is 12.6. The Labute approximate surface area is 156 Å². The number of benzene rings is 1. The van der Waals surface area contributed by atoms with Crippen molar-refractivity contribution in [3.63, 3.8) is 0 Å². The third-order valence-electron chi connectivity index (χ3n) is 3.97. The van der Waals surface area contributed by atoms with Gasteiger partial charge in [0.15, 0.2) is 16.4 Å². The molecule has 5 nitrogen and oxygen atoms in total. The van der Waals surface area contributed by atoms with Crippen molar-refractivity contribution in [1.82, 2.24) is 4.90 Å². The van der Waals surface area contributed by atoms with Crippen molar-refractivity contribution in [2.45, 2.75) is 32.2 Å². The van der Waals surface area contributed by atoms with Gasteiger partial charge in [-0.05, 0) is 31.0 Å². The molecule has 0 N–H and O–H groups in total. The molecule has 1 saturated heterocycles. The molecule has 1 aromatic rings. The van der Waals surface area contributed by atoms with E-state index >= 15 is 0 Å². The summed E-state index contributed by atoms with van der Waals surface area (Å²) in [6, 6.07) is 4.91. The van der Waals surface area contributed by atoms with Gasteiger partial charge < -0.3 is 9.64 Å². The first-order chi connectivity index (χ1) is 11.3. The smallest absolute Gasteiger partial charge is 0.260 e. The topological polar surface area (TPSA) is 63.7 Å². The molecule has 1 aromatic carbocycles. The first-order valence-corrected chi connectivity index (χ1v) is 10.9. The fourth-order valence-corrected chi connectivity index (χ4v) is 5.13.